The van der Waals surface area contributed by atoms with Gasteiger partial charge in [0.05, 0.1) is 29.0 Å². The van der Waals surface area contributed by atoms with Crippen molar-refractivity contribution in [2.75, 3.05) is 11.4 Å². The van der Waals surface area contributed by atoms with Crippen LogP contribution in [0.4, 0.5) is 18.9 Å². The van der Waals surface area contributed by atoms with Crippen LogP contribution in [-0.2, 0) is 29.3 Å². The number of imidazole rings is 1. The number of benzene rings is 2. The fraction of sp³-hybridized carbons (Fsp3) is 0.500. The number of sulfonamides is 1. The maximum atomic E-state index is 13.9. The summed E-state index contributed by atoms with van der Waals surface area (Å²) in [4.78, 5) is 9.57. The molecule has 2 heterocycles. The fourth-order valence-electron chi connectivity index (χ4n) is 7.06. The maximum absolute atomic E-state index is 13.9. The van der Waals surface area contributed by atoms with E-state index in [-0.39, 0.29) is 25.5 Å². The van der Waals surface area contributed by atoms with Gasteiger partial charge >= 0.3 is 6.18 Å². The first-order valence-corrected chi connectivity index (χ1v) is 15.6. The average molecular weight is 575 g/mol. The predicted octanol–water partition coefficient (Wildman–Crippen LogP) is 7.00. The molecular formula is C30H37F3N4O2S. The van der Waals surface area contributed by atoms with E-state index < -0.39 is 21.8 Å². The quantitative estimate of drug-likeness (QED) is 0.330. The van der Waals surface area contributed by atoms with Gasteiger partial charge in [0.25, 0.3) is 0 Å². The minimum atomic E-state index is -4.53. The largest absolute Gasteiger partial charge is 0.416 e. The lowest BCUT2D eigenvalue weighted by atomic mass is 9.59. The summed E-state index contributed by atoms with van der Waals surface area (Å²) in [6.07, 6.45) is 8.40. The van der Waals surface area contributed by atoms with Crippen molar-refractivity contribution in [3.63, 3.8) is 0 Å². The van der Waals surface area contributed by atoms with Crippen LogP contribution < -0.4 is 4.90 Å². The highest BCUT2D eigenvalue weighted by Gasteiger charge is 2.42. The minimum Gasteiger partial charge on any atom is -0.361 e. The van der Waals surface area contributed by atoms with Crippen molar-refractivity contribution in [3.8, 4) is 0 Å². The van der Waals surface area contributed by atoms with Crippen LogP contribution in [0.1, 0.15) is 69.6 Å². The lowest BCUT2D eigenvalue weighted by Gasteiger charge is -2.48. The third-order valence-electron chi connectivity index (χ3n) is 9.47. The molecule has 1 unspecified atom stereocenters. The number of alkyl halides is 3. The topological polar surface area (TPSA) is 69.3 Å². The van der Waals surface area contributed by atoms with Gasteiger partial charge in [0.1, 0.15) is 0 Å². The molecule has 0 radical (unpaired) electrons. The van der Waals surface area contributed by atoms with Crippen molar-refractivity contribution in [2.24, 2.45) is 11.3 Å². The molecule has 1 N–H and O–H groups in total. The van der Waals surface area contributed by atoms with E-state index in [4.69, 9.17) is 0 Å². The SMILES string of the molecule is O=S(=O)(c1ccc(C(F)(F)F)cc1)N1Cc2ccccc2N(Cc2cnc[nH]2)C(CCC23CCC(CC2)CC3)C1.[HH]. The van der Waals surface area contributed by atoms with Crippen molar-refractivity contribution in [1.82, 2.24) is 14.3 Å². The van der Waals surface area contributed by atoms with Crippen molar-refractivity contribution >= 4 is 15.7 Å². The van der Waals surface area contributed by atoms with Gasteiger partial charge in [0.15, 0.2) is 0 Å². The molecule has 10 heteroatoms. The molecule has 40 heavy (non-hydrogen) atoms. The zero-order chi connectivity index (χ0) is 28.0. The average Bonchev–Trinajstić information content (AvgIpc) is 3.42. The van der Waals surface area contributed by atoms with Crippen LogP contribution in [0.3, 0.4) is 0 Å². The molecule has 216 valence electrons. The highest BCUT2D eigenvalue weighted by molar-refractivity contribution is 7.89. The second-order valence-electron chi connectivity index (χ2n) is 11.8. The Morgan fingerprint density at radius 3 is 2.38 bits per heavy atom. The molecular weight excluding hydrogens is 537 g/mol. The number of H-pyrrole nitrogens is 1. The van der Waals surface area contributed by atoms with E-state index in [2.05, 4.69) is 14.9 Å². The van der Waals surface area contributed by atoms with E-state index >= 15 is 0 Å². The first kappa shape index (κ1) is 27.3. The Balaban J connectivity index is 0.00000337. The van der Waals surface area contributed by atoms with Gasteiger partial charge in [-0.15, -0.1) is 0 Å². The second kappa shape index (κ2) is 10.5. The Bertz CT molecular complexity index is 1410. The molecule has 3 aliphatic carbocycles. The smallest absolute Gasteiger partial charge is 0.361 e. The highest BCUT2D eigenvalue weighted by atomic mass is 32.2. The number of hydrogen-bond donors (Lipinski definition) is 1. The molecule has 3 aromatic rings. The molecule has 7 rings (SSSR count). The fourth-order valence-corrected chi connectivity index (χ4v) is 8.52. The van der Waals surface area contributed by atoms with Crippen LogP contribution in [0.25, 0.3) is 0 Å². The lowest BCUT2D eigenvalue weighted by molar-refractivity contribution is -0.137. The number of aromatic amines is 1. The minimum absolute atomic E-state index is 0. The summed E-state index contributed by atoms with van der Waals surface area (Å²) in [7, 11) is -4.05. The number of nitrogens with one attached hydrogen (secondary N) is 1. The Labute approximate surface area is 235 Å². The Hall–Kier alpha value is -2.85. The molecule has 0 saturated heterocycles. The van der Waals surface area contributed by atoms with Crippen LogP contribution in [0.5, 0.6) is 0 Å². The van der Waals surface area contributed by atoms with E-state index in [1.54, 1.807) is 12.5 Å². The Kier molecular flexibility index (Phi) is 7.19. The van der Waals surface area contributed by atoms with Crippen molar-refractivity contribution in [1.29, 1.82) is 0 Å². The number of anilines is 1. The normalized spacial score (nSPS) is 25.5. The molecule has 0 spiro atoms. The summed E-state index contributed by atoms with van der Waals surface area (Å²) in [5.41, 5.74) is 2.26. The molecule has 2 aromatic carbocycles. The Morgan fingerprint density at radius 1 is 1.02 bits per heavy atom. The van der Waals surface area contributed by atoms with Crippen molar-refractivity contribution in [3.05, 3.63) is 77.9 Å². The molecule has 2 bridgehead atoms. The monoisotopic (exact) mass is 574 g/mol. The standard InChI is InChI=1S/C30H35F3N4O2S.H2/c31-30(32,33)24-5-7-27(8-6-24)40(38,39)36-18-23-3-1-2-4-28(23)37(19-25-17-34-21-35-25)26(20-36)12-16-29-13-9-22(10-14-29)11-15-29;/h1-8,17,21-22,26H,9-16,18-20H2,(H,34,35);1H. The van der Waals surface area contributed by atoms with E-state index in [0.717, 1.165) is 60.0 Å². The van der Waals surface area contributed by atoms with Gasteiger partial charge in [-0.2, -0.15) is 17.5 Å². The maximum Gasteiger partial charge on any atom is 0.416 e. The summed E-state index contributed by atoms with van der Waals surface area (Å²) in [6.45, 7) is 0.970. The van der Waals surface area contributed by atoms with Crippen molar-refractivity contribution < 1.29 is 23.0 Å². The lowest BCUT2D eigenvalue weighted by Crippen LogP contribution is -2.44. The van der Waals surface area contributed by atoms with Crippen LogP contribution in [0.15, 0.2) is 66.0 Å². The third-order valence-corrected chi connectivity index (χ3v) is 11.3. The van der Waals surface area contributed by atoms with Gasteiger partial charge in [0, 0.05) is 32.4 Å². The first-order chi connectivity index (χ1) is 19.1. The van der Waals surface area contributed by atoms with E-state index in [1.807, 2.05) is 24.3 Å². The molecule has 6 nitrogen and oxygen atoms in total. The van der Waals surface area contributed by atoms with Gasteiger partial charge < -0.3 is 9.88 Å². The first-order valence-electron chi connectivity index (χ1n) is 14.1. The number of rotatable bonds is 7. The highest BCUT2D eigenvalue weighted by Crippen LogP contribution is 2.53. The number of aromatic nitrogens is 2. The number of nitrogens with zero attached hydrogens (tertiary/aromatic N) is 3. The zero-order valence-electron chi connectivity index (χ0n) is 22.4. The summed E-state index contributed by atoms with van der Waals surface area (Å²) in [5, 5.41) is 0. The van der Waals surface area contributed by atoms with Crippen LogP contribution in [0, 0.1) is 11.3 Å². The number of hydrogen-bond acceptors (Lipinski definition) is 4. The van der Waals surface area contributed by atoms with Crippen molar-refractivity contribution in [2.45, 2.75) is 81.6 Å². The summed E-state index contributed by atoms with van der Waals surface area (Å²) >= 11 is 0. The second-order valence-corrected chi connectivity index (χ2v) is 13.8. The van der Waals surface area contributed by atoms with Gasteiger partial charge in [-0.1, -0.05) is 18.2 Å². The molecule has 1 aromatic heterocycles. The molecule has 3 fully saturated rings. The summed E-state index contributed by atoms with van der Waals surface area (Å²) in [6, 6.07) is 11.6. The van der Waals surface area contributed by atoms with Gasteiger partial charge in [-0.25, -0.2) is 13.4 Å². The summed E-state index contributed by atoms with van der Waals surface area (Å²) < 4.78 is 68.8. The molecule has 1 atom stereocenters. The van der Waals surface area contributed by atoms with Crippen LogP contribution in [-0.4, -0.2) is 35.3 Å². The van der Waals surface area contributed by atoms with Gasteiger partial charge in [0.2, 0.25) is 10.0 Å². The summed E-state index contributed by atoms with van der Waals surface area (Å²) in [5.74, 6) is 0.868. The number of fused-ring (bicyclic) bond motifs is 4. The molecule has 4 aliphatic rings. The van der Waals surface area contributed by atoms with E-state index in [9.17, 15) is 21.6 Å². The van der Waals surface area contributed by atoms with Gasteiger partial charge in [-0.3, -0.25) is 0 Å². The molecule has 0 amide bonds. The zero-order valence-corrected chi connectivity index (χ0v) is 23.2. The predicted molar refractivity (Wildman–Crippen MR) is 149 cm³/mol. The van der Waals surface area contributed by atoms with E-state index in [1.165, 1.54) is 42.8 Å². The third kappa shape index (κ3) is 5.40. The van der Waals surface area contributed by atoms with Crippen LogP contribution >= 0.6 is 0 Å². The van der Waals surface area contributed by atoms with E-state index in [0.29, 0.717) is 12.0 Å². The Morgan fingerprint density at radius 2 is 1.73 bits per heavy atom. The number of para-hydroxylation sites is 1. The number of halogens is 3. The van der Waals surface area contributed by atoms with Gasteiger partial charge in [-0.05, 0) is 98.6 Å². The molecule has 1 aliphatic heterocycles. The molecule has 3 saturated carbocycles. The van der Waals surface area contributed by atoms with Crippen LogP contribution in [0.2, 0.25) is 0 Å².